The lowest BCUT2D eigenvalue weighted by molar-refractivity contribution is 0.0590. The van der Waals surface area contributed by atoms with E-state index in [0.717, 1.165) is 16.9 Å². The van der Waals surface area contributed by atoms with Gasteiger partial charge in [0.15, 0.2) is 0 Å². The van der Waals surface area contributed by atoms with E-state index in [-0.39, 0.29) is 5.97 Å². The number of nitrogens with zero attached hydrogens (tertiary/aromatic N) is 3. The lowest BCUT2D eigenvalue weighted by atomic mass is 10.1. The van der Waals surface area contributed by atoms with Crippen LogP contribution in [0, 0.1) is 11.8 Å². The monoisotopic (exact) mass is 288 g/mol. The number of anilines is 1. The highest BCUT2D eigenvalue weighted by molar-refractivity contribution is 5.98. The summed E-state index contributed by atoms with van der Waals surface area (Å²) in [6.07, 6.45) is 2.69. The lowest BCUT2D eigenvalue weighted by Crippen LogP contribution is -2.09. The summed E-state index contributed by atoms with van der Waals surface area (Å²) in [7, 11) is 3.18. The Morgan fingerprint density at radius 2 is 2.24 bits per heavy atom. The fourth-order valence-electron chi connectivity index (χ4n) is 2.84. The summed E-state index contributed by atoms with van der Waals surface area (Å²) in [5.41, 5.74) is 1.21. The van der Waals surface area contributed by atoms with Crippen LogP contribution in [0.3, 0.4) is 0 Å². The molecular weight excluding hydrogens is 268 g/mol. The van der Waals surface area contributed by atoms with Crippen molar-refractivity contribution in [1.29, 1.82) is 0 Å². The first kappa shape index (κ1) is 13.9. The molecule has 2 aromatic rings. The molecule has 0 radical (unpaired) electrons. The Labute approximate surface area is 123 Å². The first-order chi connectivity index (χ1) is 10.0. The lowest BCUT2D eigenvalue weighted by Gasteiger charge is -2.07. The summed E-state index contributed by atoms with van der Waals surface area (Å²) in [6, 6.07) is 2.25. The summed E-state index contributed by atoms with van der Waals surface area (Å²) >= 11 is 0. The van der Waals surface area contributed by atoms with Gasteiger partial charge in [0.25, 0.3) is 0 Å². The Hall–Kier alpha value is -2.11. The number of carbonyl (C=O) groups excluding carboxylic acids is 1. The Bertz CT molecular complexity index is 692. The number of methoxy groups -OCH3 is 1. The zero-order valence-electron chi connectivity index (χ0n) is 12.8. The first-order valence-corrected chi connectivity index (χ1v) is 7.18. The molecule has 0 aliphatic heterocycles. The van der Waals surface area contributed by atoms with E-state index >= 15 is 0 Å². The van der Waals surface area contributed by atoms with Crippen molar-refractivity contribution in [2.45, 2.75) is 26.3 Å². The van der Waals surface area contributed by atoms with Gasteiger partial charge < -0.3 is 14.6 Å². The number of carbonyl (C=O) groups is 1. The van der Waals surface area contributed by atoms with Gasteiger partial charge in [0.2, 0.25) is 0 Å². The zero-order chi connectivity index (χ0) is 15.1. The third-order valence-electron chi connectivity index (χ3n) is 4.24. The Kier molecular flexibility index (Phi) is 3.31. The highest BCUT2D eigenvalue weighted by atomic mass is 16.5. The number of aromatic nitrogens is 3. The number of esters is 1. The molecule has 0 amide bonds. The Morgan fingerprint density at radius 3 is 2.86 bits per heavy atom. The fraction of sp³-hybridized carbons (Fsp3) is 0.533. The van der Waals surface area contributed by atoms with Crippen molar-refractivity contribution < 1.29 is 9.53 Å². The van der Waals surface area contributed by atoms with Gasteiger partial charge in [-0.2, -0.15) is 0 Å². The molecule has 2 atom stereocenters. The van der Waals surface area contributed by atoms with Crippen LogP contribution < -0.4 is 5.32 Å². The fourth-order valence-corrected chi connectivity index (χ4v) is 2.84. The van der Waals surface area contributed by atoms with Crippen LogP contribution in [-0.4, -0.2) is 33.7 Å². The minimum absolute atomic E-state index is 0.368. The van der Waals surface area contributed by atoms with E-state index in [0.29, 0.717) is 23.6 Å². The normalized spacial score (nSPS) is 20.8. The summed E-state index contributed by atoms with van der Waals surface area (Å²) in [5, 5.41) is 4.33. The number of ether oxygens (including phenoxy) is 1. The molecule has 1 fully saturated rings. The van der Waals surface area contributed by atoms with Crippen LogP contribution >= 0.6 is 0 Å². The number of fused-ring (bicyclic) bond motifs is 1. The Balaban J connectivity index is 1.95. The van der Waals surface area contributed by atoms with Crippen molar-refractivity contribution in [3.63, 3.8) is 0 Å². The van der Waals surface area contributed by atoms with Crippen LogP contribution in [0.1, 0.15) is 30.8 Å². The molecule has 21 heavy (non-hydrogen) atoms. The molecule has 0 bridgehead atoms. The summed E-state index contributed by atoms with van der Waals surface area (Å²) < 4.78 is 6.54. The molecule has 112 valence electrons. The summed E-state index contributed by atoms with van der Waals surface area (Å²) in [4.78, 5) is 20.4. The van der Waals surface area contributed by atoms with Crippen molar-refractivity contribution in [3.8, 4) is 0 Å². The van der Waals surface area contributed by atoms with Crippen LogP contribution in [0.2, 0.25) is 0 Å². The molecule has 6 heteroatoms. The van der Waals surface area contributed by atoms with Crippen molar-refractivity contribution in [2.24, 2.45) is 18.9 Å². The molecule has 6 nitrogen and oxygen atoms in total. The average molecular weight is 288 g/mol. The van der Waals surface area contributed by atoms with Crippen LogP contribution in [0.15, 0.2) is 12.4 Å². The molecule has 2 heterocycles. The number of nitrogens with one attached hydrogen (secondary N) is 1. The highest BCUT2D eigenvalue weighted by Gasteiger charge is 2.39. The van der Waals surface area contributed by atoms with Gasteiger partial charge in [0.1, 0.15) is 23.5 Å². The predicted molar refractivity (Wildman–Crippen MR) is 80.2 cm³/mol. The third-order valence-corrected chi connectivity index (χ3v) is 4.24. The standard InChI is InChI=1S/C15H20N4O2/c1-8(2)9-5-11(9)18-13-10-6-12(15(20)21-4)19(3)14(10)17-7-16-13/h6-9,11H,5H2,1-4H3,(H,16,17,18)/t9-,11+/m0/s1. The molecule has 1 N–H and O–H groups in total. The van der Waals surface area contributed by atoms with Gasteiger partial charge >= 0.3 is 5.97 Å². The van der Waals surface area contributed by atoms with Crippen molar-refractivity contribution in [3.05, 3.63) is 18.1 Å². The summed E-state index contributed by atoms with van der Waals surface area (Å²) in [6.45, 7) is 4.47. The molecule has 0 aromatic carbocycles. The van der Waals surface area contributed by atoms with Gasteiger partial charge in [-0.15, -0.1) is 0 Å². The Morgan fingerprint density at radius 1 is 1.48 bits per heavy atom. The largest absolute Gasteiger partial charge is 0.464 e. The van der Waals surface area contributed by atoms with Gasteiger partial charge in [-0.1, -0.05) is 13.8 Å². The second-order valence-electron chi connectivity index (χ2n) is 5.93. The second-order valence-corrected chi connectivity index (χ2v) is 5.93. The van der Waals surface area contributed by atoms with E-state index in [4.69, 9.17) is 4.74 Å². The maximum atomic E-state index is 11.8. The predicted octanol–water partition coefficient (Wildman–Crippen LogP) is 2.21. The highest BCUT2D eigenvalue weighted by Crippen LogP contribution is 2.40. The third kappa shape index (κ3) is 2.34. The SMILES string of the molecule is COC(=O)c1cc2c(N[C@@H]3C[C@H]3C(C)C)ncnc2n1C. The molecule has 1 saturated carbocycles. The number of rotatable bonds is 4. The topological polar surface area (TPSA) is 69.0 Å². The van der Waals surface area contributed by atoms with E-state index in [2.05, 4.69) is 29.1 Å². The first-order valence-electron chi connectivity index (χ1n) is 7.18. The smallest absolute Gasteiger partial charge is 0.354 e. The number of hydrogen-bond acceptors (Lipinski definition) is 5. The minimum atomic E-state index is -0.368. The molecule has 0 spiro atoms. The molecule has 2 aromatic heterocycles. The van der Waals surface area contributed by atoms with Crippen molar-refractivity contribution >= 4 is 22.8 Å². The summed E-state index contributed by atoms with van der Waals surface area (Å²) in [5.74, 6) is 1.78. The average Bonchev–Trinajstić information content (AvgIpc) is 3.16. The molecule has 1 aliphatic rings. The van der Waals surface area contributed by atoms with E-state index in [1.54, 1.807) is 17.7 Å². The van der Waals surface area contributed by atoms with E-state index in [1.807, 2.05) is 0 Å². The maximum absolute atomic E-state index is 11.8. The van der Waals surface area contributed by atoms with E-state index in [9.17, 15) is 4.79 Å². The van der Waals surface area contributed by atoms with Crippen LogP contribution in [0.5, 0.6) is 0 Å². The van der Waals surface area contributed by atoms with Crippen LogP contribution in [0.4, 0.5) is 5.82 Å². The number of aryl methyl sites for hydroxylation is 1. The van der Waals surface area contributed by atoms with E-state index < -0.39 is 0 Å². The van der Waals surface area contributed by atoms with Crippen LogP contribution in [0.25, 0.3) is 11.0 Å². The molecular formula is C15H20N4O2. The quantitative estimate of drug-likeness (QED) is 0.874. The van der Waals surface area contributed by atoms with Crippen molar-refractivity contribution in [2.75, 3.05) is 12.4 Å². The maximum Gasteiger partial charge on any atom is 0.354 e. The van der Waals surface area contributed by atoms with Crippen molar-refractivity contribution in [1.82, 2.24) is 14.5 Å². The van der Waals surface area contributed by atoms with Gasteiger partial charge in [-0.3, -0.25) is 0 Å². The van der Waals surface area contributed by atoms with Gasteiger partial charge in [0.05, 0.1) is 12.5 Å². The second kappa shape index (κ2) is 5.02. The van der Waals surface area contributed by atoms with Gasteiger partial charge in [0, 0.05) is 13.1 Å². The number of hydrogen-bond donors (Lipinski definition) is 1. The van der Waals surface area contributed by atoms with Gasteiger partial charge in [-0.05, 0) is 24.3 Å². The molecule has 0 unspecified atom stereocenters. The zero-order valence-corrected chi connectivity index (χ0v) is 12.8. The van der Waals surface area contributed by atoms with Crippen LogP contribution in [-0.2, 0) is 11.8 Å². The van der Waals surface area contributed by atoms with Gasteiger partial charge in [-0.25, -0.2) is 14.8 Å². The molecule has 3 rings (SSSR count). The molecule has 0 saturated heterocycles. The minimum Gasteiger partial charge on any atom is -0.464 e. The van der Waals surface area contributed by atoms with E-state index in [1.165, 1.54) is 19.9 Å². The molecule has 1 aliphatic carbocycles.